The Morgan fingerprint density at radius 2 is 2.32 bits per heavy atom. The van der Waals surface area contributed by atoms with Crippen LogP contribution in [-0.4, -0.2) is 35.6 Å². The molecule has 1 fully saturated rings. The maximum absolute atomic E-state index is 11.7. The molecule has 1 aromatic heterocycles. The van der Waals surface area contributed by atoms with E-state index in [9.17, 15) is 4.79 Å². The highest BCUT2D eigenvalue weighted by Gasteiger charge is 2.19. The summed E-state index contributed by atoms with van der Waals surface area (Å²) in [6.45, 7) is 7.15. The zero-order valence-electron chi connectivity index (χ0n) is 11.9. The van der Waals surface area contributed by atoms with Crippen LogP contribution in [0.2, 0.25) is 0 Å². The van der Waals surface area contributed by atoms with Crippen LogP contribution in [0.1, 0.15) is 38.9 Å². The molecule has 2 heterocycles. The number of hydrogen-bond donors (Lipinski definition) is 2. The quantitative estimate of drug-likeness (QED) is 0.813. The molecule has 0 aromatic carbocycles. The number of hydrogen-bond acceptors (Lipinski definition) is 4. The van der Waals surface area contributed by atoms with Gasteiger partial charge in [0.25, 0.3) is 5.56 Å². The zero-order chi connectivity index (χ0) is 13.7. The first-order chi connectivity index (χ1) is 9.22. The average Bonchev–Trinajstić information content (AvgIpc) is 2.90. The Labute approximate surface area is 114 Å². The van der Waals surface area contributed by atoms with Crippen molar-refractivity contribution in [1.29, 1.82) is 0 Å². The lowest BCUT2D eigenvalue weighted by molar-refractivity contribution is 0.574. The van der Waals surface area contributed by atoms with Gasteiger partial charge in [0.1, 0.15) is 11.6 Å². The minimum absolute atomic E-state index is 0.0534. The first kappa shape index (κ1) is 14.1. The highest BCUT2D eigenvalue weighted by atomic mass is 16.1. The highest BCUT2D eigenvalue weighted by Crippen LogP contribution is 2.13. The molecule has 0 aliphatic carbocycles. The first-order valence-electron chi connectivity index (χ1n) is 7.31. The van der Waals surface area contributed by atoms with Crippen molar-refractivity contribution in [3.8, 4) is 0 Å². The van der Waals surface area contributed by atoms with Crippen molar-refractivity contribution in [2.45, 2.75) is 45.6 Å². The summed E-state index contributed by atoms with van der Waals surface area (Å²) in [5, 5.41) is 3.50. The number of H-pyrrole nitrogens is 1. The summed E-state index contributed by atoms with van der Waals surface area (Å²) in [7, 11) is 0. The standard InChI is InChI=1S/C14H24N4O/c1-3-8-18(10-11-6-5-7-15-11)13-9-14(19)17-12(4-2)16-13/h9,11,15H,3-8,10H2,1-2H3,(H,16,17,19). The van der Waals surface area contributed by atoms with Gasteiger partial charge in [-0.2, -0.15) is 0 Å². The second-order valence-electron chi connectivity index (χ2n) is 5.14. The van der Waals surface area contributed by atoms with Gasteiger partial charge >= 0.3 is 0 Å². The molecule has 2 N–H and O–H groups in total. The molecule has 106 valence electrons. The van der Waals surface area contributed by atoms with E-state index in [2.05, 4.69) is 27.1 Å². The van der Waals surface area contributed by atoms with Crippen molar-refractivity contribution in [3.05, 3.63) is 22.2 Å². The summed E-state index contributed by atoms with van der Waals surface area (Å²) >= 11 is 0. The Morgan fingerprint density at radius 1 is 1.47 bits per heavy atom. The predicted octanol–water partition coefficient (Wildman–Crippen LogP) is 1.30. The number of nitrogens with zero attached hydrogens (tertiary/aromatic N) is 2. The average molecular weight is 264 g/mol. The molecule has 1 atom stereocenters. The molecular weight excluding hydrogens is 240 g/mol. The van der Waals surface area contributed by atoms with E-state index < -0.39 is 0 Å². The van der Waals surface area contributed by atoms with Crippen LogP contribution >= 0.6 is 0 Å². The zero-order valence-corrected chi connectivity index (χ0v) is 11.9. The van der Waals surface area contributed by atoms with Gasteiger partial charge in [-0.05, 0) is 25.8 Å². The van der Waals surface area contributed by atoms with Gasteiger partial charge in [-0.3, -0.25) is 4.79 Å². The Kier molecular flexibility index (Phi) is 4.96. The smallest absolute Gasteiger partial charge is 0.252 e. The van der Waals surface area contributed by atoms with Gasteiger partial charge in [-0.25, -0.2) is 4.98 Å². The fraction of sp³-hybridized carbons (Fsp3) is 0.714. The molecule has 0 amide bonds. The molecule has 2 rings (SSSR count). The SMILES string of the molecule is CCCN(CC1CCCN1)c1cc(=O)[nH]c(CC)n1. The van der Waals surface area contributed by atoms with Crippen LogP contribution in [0, 0.1) is 0 Å². The molecular formula is C14H24N4O. The van der Waals surface area contributed by atoms with E-state index in [1.54, 1.807) is 6.07 Å². The highest BCUT2D eigenvalue weighted by molar-refractivity contribution is 5.37. The van der Waals surface area contributed by atoms with Crippen molar-refractivity contribution in [2.24, 2.45) is 0 Å². The van der Waals surface area contributed by atoms with E-state index in [-0.39, 0.29) is 5.56 Å². The van der Waals surface area contributed by atoms with Gasteiger partial charge < -0.3 is 15.2 Å². The Hall–Kier alpha value is -1.36. The van der Waals surface area contributed by atoms with Crippen LogP contribution in [0.25, 0.3) is 0 Å². The number of rotatable bonds is 6. The molecule has 5 nitrogen and oxygen atoms in total. The maximum Gasteiger partial charge on any atom is 0.252 e. The molecule has 1 unspecified atom stereocenters. The lowest BCUT2D eigenvalue weighted by Crippen LogP contribution is -2.39. The summed E-state index contributed by atoms with van der Waals surface area (Å²) in [5.41, 5.74) is -0.0534. The van der Waals surface area contributed by atoms with Crippen molar-refractivity contribution in [1.82, 2.24) is 15.3 Å². The molecule has 0 radical (unpaired) electrons. The van der Waals surface area contributed by atoms with E-state index in [4.69, 9.17) is 0 Å². The molecule has 0 saturated carbocycles. The molecule has 19 heavy (non-hydrogen) atoms. The third-order valence-corrected chi connectivity index (χ3v) is 3.53. The fourth-order valence-corrected chi connectivity index (χ4v) is 2.57. The molecule has 1 aliphatic heterocycles. The summed E-state index contributed by atoms with van der Waals surface area (Å²) in [4.78, 5) is 21.2. The Balaban J connectivity index is 2.16. The molecule has 0 bridgehead atoms. The van der Waals surface area contributed by atoms with Gasteiger partial charge in [0, 0.05) is 31.6 Å². The van der Waals surface area contributed by atoms with Gasteiger partial charge in [0.2, 0.25) is 0 Å². The third kappa shape index (κ3) is 3.80. The third-order valence-electron chi connectivity index (χ3n) is 3.53. The second-order valence-corrected chi connectivity index (χ2v) is 5.14. The number of nitrogens with one attached hydrogen (secondary N) is 2. The molecule has 1 saturated heterocycles. The minimum Gasteiger partial charge on any atom is -0.355 e. The van der Waals surface area contributed by atoms with E-state index in [0.29, 0.717) is 6.04 Å². The molecule has 1 aliphatic rings. The van der Waals surface area contributed by atoms with Gasteiger partial charge in [-0.1, -0.05) is 13.8 Å². The summed E-state index contributed by atoms with van der Waals surface area (Å²) in [6.07, 6.45) is 4.27. The van der Waals surface area contributed by atoms with Crippen LogP contribution in [-0.2, 0) is 6.42 Å². The van der Waals surface area contributed by atoms with E-state index in [1.807, 2.05) is 6.92 Å². The second kappa shape index (κ2) is 6.70. The summed E-state index contributed by atoms with van der Waals surface area (Å²) in [6, 6.07) is 2.14. The molecule has 0 spiro atoms. The van der Waals surface area contributed by atoms with Gasteiger partial charge in [0.05, 0.1) is 0 Å². The number of anilines is 1. The Bertz CT molecular complexity index is 451. The van der Waals surface area contributed by atoms with Crippen molar-refractivity contribution < 1.29 is 0 Å². The number of aryl methyl sites for hydroxylation is 1. The topological polar surface area (TPSA) is 61.0 Å². The van der Waals surface area contributed by atoms with Crippen molar-refractivity contribution in [3.63, 3.8) is 0 Å². The van der Waals surface area contributed by atoms with Crippen molar-refractivity contribution >= 4 is 5.82 Å². The van der Waals surface area contributed by atoms with E-state index in [0.717, 1.165) is 44.1 Å². The fourth-order valence-electron chi connectivity index (χ4n) is 2.57. The van der Waals surface area contributed by atoms with Crippen LogP contribution in [0.4, 0.5) is 5.82 Å². The van der Waals surface area contributed by atoms with Crippen LogP contribution in [0.3, 0.4) is 0 Å². The monoisotopic (exact) mass is 264 g/mol. The molecule has 5 heteroatoms. The van der Waals surface area contributed by atoms with E-state index in [1.165, 1.54) is 12.8 Å². The lowest BCUT2D eigenvalue weighted by atomic mass is 10.2. The minimum atomic E-state index is -0.0534. The predicted molar refractivity (Wildman–Crippen MR) is 77.8 cm³/mol. The molecule has 1 aromatic rings. The number of aromatic amines is 1. The lowest BCUT2D eigenvalue weighted by Gasteiger charge is -2.26. The summed E-state index contributed by atoms with van der Waals surface area (Å²) in [5.74, 6) is 1.58. The Morgan fingerprint density at radius 3 is 2.95 bits per heavy atom. The van der Waals surface area contributed by atoms with Crippen molar-refractivity contribution in [2.75, 3.05) is 24.5 Å². The first-order valence-corrected chi connectivity index (χ1v) is 7.31. The number of aromatic nitrogens is 2. The van der Waals surface area contributed by atoms with Crippen LogP contribution in [0.15, 0.2) is 10.9 Å². The summed E-state index contributed by atoms with van der Waals surface area (Å²) < 4.78 is 0. The van der Waals surface area contributed by atoms with Gasteiger partial charge in [-0.15, -0.1) is 0 Å². The van der Waals surface area contributed by atoms with Crippen LogP contribution < -0.4 is 15.8 Å². The van der Waals surface area contributed by atoms with E-state index >= 15 is 0 Å². The largest absolute Gasteiger partial charge is 0.355 e. The van der Waals surface area contributed by atoms with Gasteiger partial charge in [0.15, 0.2) is 0 Å². The maximum atomic E-state index is 11.7. The normalized spacial score (nSPS) is 18.7. The van der Waals surface area contributed by atoms with Crippen LogP contribution in [0.5, 0.6) is 0 Å².